The standard InChI is InChI=1S/C17H21N3O3/c1-8-5-11-12(14(18-4)10(8)3)7-20(17(11)23)15-9(2)6-13(21)19-16(15)22/h5,9,15,18H,6-7H2,1-4H3,(H,19,21,22). The summed E-state index contributed by atoms with van der Waals surface area (Å²) in [6.45, 7) is 6.22. The number of nitrogens with one attached hydrogen (secondary N) is 2. The summed E-state index contributed by atoms with van der Waals surface area (Å²) in [5, 5.41) is 5.52. The predicted octanol–water partition coefficient (Wildman–Crippen LogP) is 1.35. The summed E-state index contributed by atoms with van der Waals surface area (Å²) in [6.07, 6.45) is 0.257. The minimum atomic E-state index is -0.599. The average molecular weight is 315 g/mol. The first-order valence-corrected chi connectivity index (χ1v) is 7.80. The van der Waals surface area contributed by atoms with Gasteiger partial charge in [-0.1, -0.05) is 6.92 Å². The van der Waals surface area contributed by atoms with Crippen molar-refractivity contribution in [2.45, 2.75) is 39.8 Å². The van der Waals surface area contributed by atoms with Crippen molar-refractivity contribution in [3.63, 3.8) is 0 Å². The average Bonchev–Trinajstić information content (AvgIpc) is 2.77. The van der Waals surface area contributed by atoms with Gasteiger partial charge in [0.1, 0.15) is 6.04 Å². The van der Waals surface area contributed by atoms with Crippen LogP contribution < -0.4 is 10.6 Å². The molecule has 23 heavy (non-hydrogen) atoms. The molecule has 1 fully saturated rings. The minimum Gasteiger partial charge on any atom is -0.388 e. The van der Waals surface area contributed by atoms with E-state index in [1.165, 1.54) is 0 Å². The number of carbonyl (C=O) groups is 3. The van der Waals surface area contributed by atoms with E-state index in [-0.39, 0.29) is 30.1 Å². The summed E-state index contributed by atoms with van der Waals surface area (Å²) < 4.78 is 0. The molecule has 0 radical (unpaired) electrons. The van der Waals surface area contributed by atoms with E-state index in [4.69, 9.17) is 0 Å². The molecule has 2 aliphatic rings. The summed E-state index contributed by atoms with van der Waals surface area (Å²) in [4.78, 5) is 38.2. The molecule has 1 aromatic carbocycles. The Morgan fingerprint density at radius 2 is 1.96 bits per heavy atom. The molecule has 2 heterocycles. The van der Waals surface area contributed by atoms with E-state index in [0.717, 1.165) is 22.4 Å². The van der Waals surface area contributed by atoms with Crippen LogP contribution in [-0.2, 0) is 16.1 Å². The lowest BCUT2D eigenvalue weighted by Gasteiger charge is -2.34. The molecule has 6 heteroatoms. The molecule has 2 aliphatic heterocycles. The van der Waals surface area contributed by atoms with Gasteiger partial charge in [0.15, 0.2) is 0 Å². The lowest BCUT2D eigenvalue weighted by molar-refractivity contribution is -0.139. The van der Waals surface area contributed by atoms with Gasteiger partial charge in [-0.3, -0.25) is 19.7 Å². The van der Waals surface area contributed by atoms with Crippen molar-refractivity contribution in [2.75, 3.05) is 12.4 Å². The molecule has 3 rings (SSSR count). The van der Waals surface area contributed by atoms with E-state index < -0.39 is 6.04 Å². The largest absolute Gasteiger partial charge is 0.388 e. The maximum Gasteiger partial charge on any atom is 0.255 e. The van der Waals surface area contributed by atoms with Gasteiger partial charge in [-0.05, 0) is 37.0 Å². The fourth-order valence-corrected chi connectivity index (χ4v) is 3.66. The van der Waals surface area contributed by atoms with Crippen LogP contribution >= 0.6 is 0 Å². The number of carbonyl (C=O) groups excluding carboxylic acids is 3. The monoisotopic (exact) mass is 315 g/mol. The van der Waals surface area contributed by atoms with Crippen LogP contribution in [0.1, 0.15) is 40.4 Å². The number of nitrogens with zero attached hydrogens (tertiary/aromatic N) is 1. The number of piperidine rings is 1. The first kappa shape index (κ1) is 15.5. The molecule has 2 N–H and O–H groups in total. The quantitative estimate of drug-likeness (QED) is 0.808. The van der Waals surface area contributed by atoms with Crippen molar-refractivity contribution in [1.29, 1.82) is 0 Å². The van der Waals surface area contributed by atoms with Crippen LogP contribution in [0, 0.1) is 19.8 Å². The van der Waals surface area contributed by atoms with Crippen molar-refractivity contribution in [1.82, 2.24) is 10.2 Å². The zero-order chi connectivity index (χ0) is 16.9. The molecule has 0 saturated carbocycles. The Balaban J connectivity index is 2.01. The zero-order valence-corrected chi connectivity index (χ0v) is 13.8. The maximum absolute atomic E-state index is 12.8. The van der Waals surface area contributed by atoms with Gasteiger partial charge in [0.25, 0.3) is 5.91 Å². The lowest BCUT2D eigenvalue weighted by Crippen LogP contribution is -2.56. The highest BCUT2D eigenvalue weighted by molar-refractivity contribution is 6.06. The molecule has 2 atom stereocenters. The van der Waals surface area contributed by atoms with Gasteiger partial charge in [0, 0.05) is 36.8 Å². The van der Waals surface area contributed by atoms with Crippen LogP contribution in [0.2, 0.25) is 0 Å². The lowest BCUT2D eigenvalue weighted by atomic mass is 9.92. The Bertz CT molecular complexity index is 726. The molecule has 2 unspecified atom stereocenters. The Morgan fingerprint density at radius 1 is 1.26 bits per heavy atom. The van der Waals surface area contributed by atoms with Crippen LogP contribution in [0.5, 0.6) is 0 Å². The molecule has 6 nitrogen and oxygen atoms in total. The third-order valence-corrected chi connectivity index (χ3v) is 4.94. The van der Waals surface area contributed by atoms with Crippen LogP contribution in [-0.4, -0.2) is 35.7 Å². The number of rotatable bonds is 2. The molecule has 0 aliphatic carbocycles. The second-order valence-electron chi connectivity index (χ2n) is 6.44. The van der Waals surface area contributed by atoms with E-state index in [0.29, 0.717) is 12.1 Å². The summed E-state index contributed by atoms with van der Waals surface area (Å²) in [7, 11) is 1.84. The SMILES string of the molecule is CNc1c(C)c(C)cc2c1CN(C1C(=O)NC(=O)CC1C)C2=O. The van der Waals surface area contributed by atoms with Gasteiger partial charge in [0.05, 0.1) is 0 Å². The summed E-state index contributed by atoms with van der Waals surface area (Å²) in [5.74, 6) is -0.976. The number of fused-ring (bicyclic) bond motifs is 1. The van der Waals surface area contributed by atoms with Crippen LogP contribution in [0.3, 0.4) is 0 Å². The number of aryl methyl sites for hydroxylation is 1. The fourth-order valence-electron chi connectivity index (χ4n) is 3.66. The Hall–Kier alpha value is -2.37. The van der Waals surface area contributed by atoms with Crippen molar-refractivity contribution >= 4 is 23.4 Å². The summed E-state index contributed by atoms with van der Waals surface area (Å²) in [6, 6.07) is 1.29. The van der Waals surface area contributed by atoms with Crippen molar-refractivity contribution < 1.29 is 14.4 Å². The van der Waals surface area contributed by atoms with Gasteiger partial charge >= 0.3 is 0 Å². The number of hydrogen-bond acceptors (Lipinski definition) is 4. The third-order valence-electron chi connectivity index (χ3n) is 4.94. The molecule has 0 aromatic heterocycles. The van der Waals surface area contributed by atoms with E-state index in [9.17, 15) is 14.4 Å². The minimum absolute atomic E-state index is 0.138. The third kappa shape index (κ3) is 2.29. The van der Waals surface area contributed by atoms with E-state index in [1.807, 2.05) is 33.9 Å². The van der Waals surface area contributed by atoms with Crippen molar-refractivity contribution in [3.05, 3.63) is 28.3 Å². The number of hydrogen-bond donors (Lipinski definition) is 2. The van der Waals surface area contributed by atoms with Gasteiger partial charge in [-0.15, -0.1) is 0 Å². The molecule has 122 valence electrons. The Morgan fingerprint density at radius 3 is 2.57 bits per heavy atom. The van der Waals surface area contributed by atoms with E-state index >= 15 is 0 Å². The highest BCUT2D eigenvalue weighted by atomic mass is 16.2. The zero-order valence-electron chi connectivity index (χ0n) is 13.8. The van der Waals surface area contributed by atoms with E-state index in [1.54, 1.807) is 4.90 Å². The van der Waals surface area contributed by atoms with Crippen LogP contribution in [0.25, 0.3) is 0 Å². The maximum atomic E-state index is 12.8. The summed E-state index contributed by atoms with van der Waals surface area (Å²) in [5.41, 5.74) is 4.68. The smallest absolute Gasteiger partial charge is 0.255 e. The molecule has 0 bridgehead atoms. The van der Waals surface area contributed by atoms with Crippen LogP contribution in [0.15, 0.2) is 6.07 Å². The molecule has 1 saturated heterocycles. The first-order chi connectivity index (χ1) is 10.8. The number of imide groups is 1. The van der Waals surface area contributed by atoms with E-state index in [2.05, 4.69) is 10.6 Å². The topological polar surface area (TPSA) is 78.5 Å². The number of benzene rings is 1. The van der Waals surface area contributed by atoms with Gasteiger partial charge in [-0.2, -0.15) is 0 Å². The van der Waals surface area contributed by atoms with Gasteiger partial charge in [-0.25, -0.2) is 0 Å². The van der Waals surface area contributed by atoms with Crippen LogP contribution in [0.4, 0.5) is 5.69 Å². The molecule has 1 aromatic rings. The number of amides is 3. The first-order valence-electron chi connectivity index (χ1n) is 7.80. The van der Waals surface area contributed by atoms with Crippen molar-refractivity contribution in [3.8, 4) is 0 Å². The van der Waals surface area contributed by atoms with Gasteiger partial charge < -0.3 is 10.2 Å². The molecular formula is C17H21N3O3. The normalized spacial score (nSPS) is 23.8. The summed E-state index contributed by atoms with van der Waals surface area (Å²) >= 11 is 0. The second kappa shape index (κ2) is 5.37. The van der Waals surface area contributed by atoms with Gasteiger partial charge in [0.2, 0.25) is 11.8 Å². The highest BCUT2D eigenvalue weighted by Crippen LogP contribution is 2.36. The Labute approximate surface area is 135 Å². The second-order valence-corrected chi connectivity index (χ2v) is 6.44. The fraction of sp³-hybridized carbons (Fsp3) is 0.471. The Kier molecular flexibility index (Phi) is 3.62. The highest BCUT2D eigenvalue weighted by Gasteiger charge is 2.43. The number of anilines is 1. The molecular weight excluding hydrogens is 294 g/mol. The molecule has 3 amide bonds. The predicted molar refractivity (Wildman–Crippen MR) is 86.1 cm³/mol. The molecule has 0 spiro atoms. The van der Waals surface area contributed by atoms with Crippen molar-refractivity contribution in [2.24, 2.45) is 5.92 Å².